The summed E-state index contributed by atoms with van der Waals surface area (Å²) in [5.41, 5.74) is 1.60. The first-order chi connectivity index (χ1) is 17.2. The van der Waals surface area contributed by atoms with Crippen LogP contribution in [0.1, 0.15) is 5.69 Å². The summed E-state index contributed by atoms with van der Waals surface area (Å²) in [7, 11) is -1.47. The van der Waals surface area contributed by atoms with E-state index in [4.69, 9.17) is 9.47 Å². The van der Waals surface area contributed by atoms with Gasteiger partial charge in [-0.25, -0.2) is 22.2 Å². The molecule has 4 rings (SSSR count). The predicted octanol–water partition coefficient (Wildman–Crippen LogP) is 3.33. The van der Waals surface area contributed by atoms with Crippen molar-refractivity contribution >= 4 is 26.6 Å². The van der Waals surface area contributed by atoms with Crippen molar-refractivity contribution in [2.24, 2.45) is 0 Å². The minimum Gasteiger partial charge on any atom is -0.383 e. The molecule has 0 aliphatic carbocycles. The smallest absolute Gasteiger partial charge is 0.264 e. The first-order valence-corrected chi connectivity index (χ1v) is 12.2. The van der Waals surface area contributed by atoms with Gasteiger partial charge in [0, 0.05) is 32.0 Å². The van der Waals surface area contributed by atoms with E-state index in [1.807, 2.05) is 0 Å². The Hall–Kier alpha value is -3.74. The summed E-state index contributed by atoms with van der Waals surface area (Å²) >= 11 is 0. The molecule has 0 spiro atoms. The molecule has 2 aromatic carbocycles. The van der Waals surface area contributed by atoms with E-state index >= 15 is 0 Å². The molecule has 0 saturated heterocycles. The van der Waals surface area contributed by atoms with Crippen LogP contribution in [0.3, 0.4) is 0 Å². The Balaban J connectivity index is 1.77. The van der Waals surface area contributed by atoms with Crippen molar-refractivity contribution in [1.29, 1.82) is 0 Å². The van der Waals surface area contributed by atoms with Gasteiger partial charge in [-0.2, -0.15) is 0 Å². The number of fused-ring (bicyclic) bond motifs is 1. The van der Waals surface area contributed by atoms with Crippen molar-refractivity contribution < 1.29 is 26.7 Å². The Morgan fingerprint density at radius 2 is 1.81 bits per heavy atom. The fourth-order valence-corrected chi connectivity index (χ4v) is 4.71. The minimum absolute atomic E-state index is 0.0319. The second-order valence-corrected chi connectivity index (χ2v) is 9.45. The Labute approximate surface area is 205 Å². The molecule has 0 amide bonds. The number of hydrogen-bond donors (Lipinski definition) is 1. The quantitative estimate of drug-likeness (QED) is 0.363. The molecule has 0 bridgehead atoms. The van der Waals surface area contributed by atoms with Crippen molar-refractivity contribution in [2.75, 3.05) is 25.5 Å². The number of halogens is 2. The van der Waals surface area contributed by atoms with Gasteiger partial charge < -0.3 is 9.47 Å². The van der Waals surface area contributed by atoms with Crippen molar-refractivity contribution in [3.05, 3.63) is 82.7 Å². The molecule has 188 valence electrons. The summed E-state index contributed by atoms with van der Waals surface area (Å²) < 4.78 is 67.1. The van der Waals surface area contributed by atoms with Crippen LogP contribution in [-0.2, 0) is 32.6 Å². The zero-order valence-electron chi connectivity index (χ0n) is 19.4. The Morgan fingerprint density at radius 3 is 2.53 bits per heavy atom. The van der Waals surface area contributed by atoms with Gasteiger partial charge in [-0.05, 0) is 35.9 Å². The molecule has 1 N–H and O–H groups in total. The lowest BCUT2D eigenvalue weighted by Crippen LogP contribution is -2.22. The highest BCUT2D eigenvalue weighted by Gasteiger charge is 2.22. The number of aromatic nitrogens is 3. The molecule has 36 heavy (non-hydrogen) atoms. The third-order valence-corrected chi connectivity index (χ3v) is 6.77. The van der Waals surface area contributed by atoms with Gasteiger partial charge in [0.1, 0.15) is 16.5 Å². The number of nitrogens with one attached hydrogen (secondary N) is 1. The number of sulfonamides is 1. The van der Waals surface area contributed by atoms with Crippen molar-refractivity contribution in [3.8, 4) is 11.1 Å². The number of anilines is 1. The first-order valence-electron chi connectivity index (χ1n) is 10.7. The van der Waals surface area contributed by atoms with Crippen molar-refractivity contribution in [2.45, 2.75) is 18.0 Å². The van der Waals surface area contributed by atoms with Gasteiger partial charge in [0.05, 0.1) is 48.4 Å². The average Bonchev–Trinajstić information content (AvgIpc) is 2.84. The zero-order chi connectivity index (χ0) is 25.9. The lowest BCUT2D eigenvalue weighted by molar-refractivity contribution is 0.182. The molecule has 0 saturated carbocycles. The molecule has 0 aliphatic rings. The normalized spacial score (nSPS) is 11.7. The molecular weight excluding hydrogens is 494 g/mol. The molecule has 2 heterocycles. The molecular formula is C24H22F2N4O5S. The lowest BCUT2D eigenvalue weighted by atomic mass is 10.0. The summed E-state index contributed by atoms with van der Waals surface area (Å²) in [6.07, 6.45) is 2.96. The minimum atomic E-state index is -4.42. The molecule has 12 heteroatoms. The fourth-order valence-electron chi connectivity index (χ4n) is 3.57. The summed E-state index contributed by atoms with van der Waals surface area (Å²) in [5, 5.41) is 0.364. The number of rotatable bonds is 9. The van der Waals surface area contributed by atoms with Crippen LogP contribution < -0.4 is 10.3 Å². The number of benzene rings is 2. The second kappa shape index (κ2) is 10.5. The monoisotopic (exact) mass is 516 g/mol. The molecule has 2 aromatic heterocycles. The van der Waals surface area contributed by atoms with E-state index in [-0.39, 0.29) is 23.5 Å². The molecule has 4 aromatic rings. The van der Waals surface area contributed by atoms with Gasteiger partial charge in [0.2, 0.25) is 0 Å². The Kier molecular flexibility index (Phi) is 7.38. The maximum atomic E-state index is 14.2. The van der Waals surface area contributed by atoms with Gasteiger partial charge in [-0.1, -0.05) is 6.07 Å². The highest BCUT2D eigenvalue weighted by molar-refractivity contribution is 7.92. The van der Waals surface area contributed by atoms with Crippen LogP contribution in [0.15, 0.2) is 64.7 Å². The van der Waals surface area contributed by atoms with Gasteiger partial charge in [0.25, 0.3) is 15.6 Å². The third-order valence-electron chi connectivity index (χ3n) is 5.37. The number of methoxy groups -OCH3 is 2. The average molecular weight is 517 g/mol. The highest BCUT2D eigenvalue weighted by atomic mass is 32.2. The standard InChI is InChI=1S/C24H22F2N4O5S/c1-34-8-7-30-14-28-20-5-3-15(9-18(20)24(30)31)16-10-21(22(13-35-2)27-12-16)29-36(32,33)23-6-4-17(25)11-19(23)26/h3-6,9-12,14,29H,7-8,13H2,1-2H3. The number of ether oxygens (including phenoxy) is 2. The number of nitrogens with zero attached hydrogens (tertiary/aromatic N) is 3. The maximum absolute atomic E-state index is 14.2. The van der Waals surface area contributed by atoms with Crippen LogP contribution >= 0.6 is 0 Å². The molecule has 0 radical (unpaired) electrons. The summed E-state index contributed by atoms with van der Waals surface area (Å²) in [5.74, 6) is -2.13. The van der Waals surface area contributed by atoms with Gasteiger partial charge in [-0.15, -0.1) is 0 Å². The SMILES string of the molecule is COCCn1cnc2ccc(-c3cnc(COC)c(NS(=O)(=O)c4ccc(F)cc4F)c3)cc2c1=O. The molecule has 0 atom stereocenters. The lowest BCUT2D eigenvalue weighted by Gasteiger charge is -2.14. The Morgan fingerprint density at radius 1 is 1.00 bits per heavy atom. The molecule has 0 aliphatic heterocycles. The van der Waals surface area contributed by atoms with Crippen LogP contribution in [0.25, 0.3) is 22.0 Å². The largest absolute Gasteiger partial charge is 0.383 e. The van der Waals surface area contributed by atoms with Gasteiger partial charge >= 0.3 is 0 Å². The van der Waals surface area contributed by atoms with Crippen LogP contribution in [0.2, 0.25) is 0 Å². The number of pyridine rings is 1. The van der Waals surface area contributed by atoms with E-state index in [9.17, 15) is 22.0 Å². The predicted molar refractivity (Wildman–Crippen MR) is 129 cm³/mol. The van der Waals surface area contributed by atoms with Crippen LogP contribution in [0.4, 0.5) is 14.5 Å². The topological polar surface area (TPSA) is 112 Å². The summed E-state index contributed by atoms with van der Waals surface area (Å²) in [6.45, 7) is 0.646. The van der Waals surface area contributed by atoms with E-state index in [0.29, 0.717) is 41.2 Å². The van der Waals surface area contributed by atoms with E-state index in [1.165, 1.54) is 37.4 Å². The highest BCUT2D eigenvalue weighted by Crippen LogP contribution is 2.28. The molecule has 0 unspecified atom stereocenters. The van der Waals surface area contributed by atoms with Crippen LogP contribution in [0.5, 0.6) is 0 Å². The molecule has 9 nitrogen and oxygen atoms in total. The fraction of sp³-hybridized carbons (Fsp3) is 0.208. The van der Waals surface area contributed by atoms with E-state index in [1.54, 1.807) is 18.2 Å². The third kappa shape index (κ3) is 5.25. The van der Waals surface area contributed by atoms with E-state index < -0.39 is 26.6 Å². The van der Waals surface area contributed by atoms with Crippen molar-refractivity contribution in [3.63, 3.8) is 0 Å². The van der Waals surface area contributed by atoms with Crippen LogP contribution in [-0.4, -0.2) is 43.8 Å². The van der Waals surface area contributed by atoms with Gasteiger partial charge in [0.15, 0.2) is 0 Å². The van der Waals surface area contributed by atoms with E-state index in [2.05, 4.69) is 14.7 Å². The summed E-state index contributed by atoms with van der Waals surface area (Å²) in [4.78, 5) is 20.8. The van der Waals surface area contributed by atoms with Gasteiger partial charge in [-0.3, -0.25) is 19.1 Å². The van der Waals surface area contributed by atoms with E-state index in [0.717, 1.165) is 12.1 Å². The first kappa shape index (κ1) is 25.4. The maximum Gasteiger partial charge on any atom is 0.264 e. The Bertz CT molecular complexity index is 1590. The van der Waals surface area contributed by atoms with Crippen molar-refractivity contribution in [1.82, 2.24) is 14.5 Å². The second-order valence-electron chi connectivity index (χ2n) is 7.80. The number of hydrogen-bond acceptors (Lipinski definition) is 7. The molecule has 0 fully saturated rings. The zero-order valence-corrected chi connectivity index (χ0v) is 20.2. The van der Waals surface area contributed by atoms with Crippen LogP contribution in [0, 0.1) is 11.6 Å². The summed E-state index contributed by atoms with van der Waals surface area (Å²) in [6, 6.07) is 8.71.